The molecular weight excluding hydrogens is 572 g/mol. The van der Waals surface area contributed by atoms with Gasteiger partial charge in [0.2, 0.25) is 0 Å². The third-order valence-corrected chi connectivity index (χ3v) is 7.69. The van der Waals surface area contributed by atoms with Gasteiger partial charge in [-0.05, 0) is 41.8 Å². The van der Waals surface area contributed by atoms with Crippen LogP contribution in [0, 0.1) is 0 Å². The molecule has 2 aromatic carbocycles. The molecule has 11 atom stereocenters. The molecule has 2 aromatic rings. The number of aromatic hydroxyl groups is 2. The van der Waals surface area contributed by atoms with Crippen molar-refractivity contribution in [3.8, 4) is 17.2 Å². The molecule has 43 heavy (non-hydrogen) atoms. The quantitative estimate of drug-likeness (QED) is 0.141. The number of esters is 1. The van der Waals surface area contributed by atoms with Crippen LogP contribution in [-0.2, 0) is 30.2 Å². The van der Waals surface area contributed by atoms with Crippen LogP contribution in [-0.4, -0.2) is 121 Å². The molecule has 3 heterocycles. The molecule has 1 unspecified atom stereocenters. The highest BCUT2D eigenvalue weighted by molar-refractivity contribution is 5.94. The van der Waals surface area contributed by atoms with Crippen LogP contribution in [0.2, 0.25) is 0 Å². The zero-order valence-electron chi connectivity index (χ0n) is 22.9. The summed E-state index contributed by atoms with van der Waals surface area (Å²) in [6, 6.07) is 10.1. The lowest BCUT2D eigenvalue weighted by molar-refractivity contribution is -0.330. The molecule has 8 N–H and O–H groups in total. The van der Waals surface area contributed by atoms with Gasteiger partial charge in [0.05, 0.1) is 18.8 Å². The third-order valence-electron chi connectivity index (χ3n) is 7.69. The highest BCUT2D eigenvalue weighted by Gasteiger charge is 2.47. The van der Waals surface area contributed by atoms with Crippen molar-refractivity contribution in [3.63, 3.8) is 0 Å². The van der Waals surface area contributed by atoms with Crippen molar-refractivity contribution in [2.24, 2.45) is 0 Å². The molecule has 14 nitrogen and oxygen atoms in total. The van der Waals surface area contributed by atoms with Gasteiger partial charge in [0, 0.05) is 18.6 Å². The molecule has 0 aliphatic carbocycles. The maximum atomic E-state index is 12.8. The highest BCUT2D eigenvalue weighted by atomic mass is 16.7. The van der Waals surface area contributed by atoms with Crippen molar-refractivity contribution in [2.45, 2.75) is 80.9 Å². The molecule has 14 heteroatoms. The zero-order valence-corrected chi connectivity index (χ0v) is 22.9. The second kappa shape index (κ2) is 12.8. The van der Waals surface area contributed by atoms with E-state index < -0.39 is 80.1 Å². The second-order valence-electron chi connectivity index (χ2n) is 10.7. The summed E-state index contributed by atoms with van der Waals surface area (Å²) >= 11 is 0. The second-order valence-corrected chi connectivity index (χ2v) is 10.7. The van der Waals surface area contributed by atoms with Crippen molar-refractivity contribution in [1.82, 2.24) is 0 Å². The summed E-state index contributed by atoms with van der Waals surface area (Å²) in [5.74, 6) is -0.867. The molecule has 0 saturated carbocycles. The van der Waals surface area contributed by atoms with Gasteiger partial charge in [-0.25, -0.2) is 4.79 Å². The Morgan fingerprint density at radius 2 is 1.44 bits per heavy atom. The Morgan fingerprint density at radius 3 is 2.16 bits per heavy atom. The number of hydrogen-bond donors (Lipinski definition) is 8. The number of hydrogen-bond acceptors (Lipinski definition) is 14. The number of carbonyl (C=O) groups is 1. The summed E-state index contributed by atoms with van der Waals surface area (Å²) in [6.45, 7) is 0.984. The molecule has 3 aliphatic heterocycles. The number of benzene rings is 2. The molecule has 3 aliphatic rings. The third kappa shape index (κ3) is 6.68. The molecule has 234 valence electrons. The van der Waals surface area contributed by atoms with Gasteiger partial charge >= 0.3 is 5.97 Å². The summed E-state index contributed by atoms with van der Waals surface area (Å²) in [6.07, 6.45) is -14.7. The van der Waals surface area contributed by atoms with Crippen LogP contribution < -0.4 is 4.74 Å². The van der Waals surface area contributed by atoms with Crippen LogP contribution in [0.4, 0.5) is 0 Å². The highest BCUT2D eigenvalue weighted by Crippen LogP contribution is 2.35. The summed E-state index contributed by atoms with van der Waals surface area (Å²) in [4.78, 5) is 12.8. The fraction of sp³-hybridized carbons (Fsp3) is 0.483. The van der Waals surface area contributed by atoms with Gasteiger partial charge in [0.25, 0.3) is 0 Å². The van der Waals surface area contributed by atoms with Crippen molar-refractivity contribution in [1.29, 1.82) is 0 Å². The van der Waals surface area contributed by atoms with Gasteiger partial charge in [-0.1, -0.05) is 18.2 Å². The Labute approximate surface area is 245 Å². The number of carbonyl (C=O) groups excluding carboxylic acids is 1. The zero-order chi connectivity index (χ0) is 31.0. The van der Waals surface area contributed by atoms with Gasteiger partial charge in [0.1, 0.15) is 60.0 Å². The molecular formula is C29H34O14. The minimum Gasteiger partial charge on any atom is -0.508 e. The number of rotatable bonds is 6. The fourth-order valence-corrected chi connectivity index (χ4v) is 5.19. The molecule has 2 saturated heterocycles. The molecule has 0 radical (unpaired) electrons. The van der Waals surface area contributed by atoms with E-state index in [1.54, 1.807) is 12.1 Å². The Kier molecular flexibility index (Phi) is 9.34. The van der Waals surface area contributed by atoms with E-state index >= 15 is 0 Å². The van der Waals surface area contributed by atoms with Crippen molar-refractivity contribution >= 4 is 11.5 Å². The average molecular weight is 607 g/mol. The van der Waals surface area contributed by atoms with Gasteiger partial charge < -0.3 is 64.5 Å². The first-order valence-electron chi connectivity index (χ1n) is 13.6. The standard InChI is InChI=1S/C29H34O14/c1-12-22(33)24(35)26(37)28(40-12)39-11-20-23(34)25(36)27(38)29(43-20)42-19-8-14-4-7-16(31)9-18(14)41-21(32)10-17(19)13-2-5-15(30)6-3-13/h2-7,9-10,12,19-20,22-31,33-38H,8,11H2,1H3/t12-,19?,20+,22-,23+,24+,25-,26+,27+,28+,29+/m0/s1. The lowest BCUT2D eigenvalue weighted by atomic mass is 9.93. The average Bonchev–Trinajstić information content (AvgIpc) is 2.97. The first-order chi connectivity index (χ1) is 20.4. The van der Waals surface area contributed by atoms with E-state index in [-0.39, 0.29) is 29.2 Å². The summed E-state index contributed by atoms with van der Waals surface area (Å²) < 4.78 is 28.3. The van der Waals surface area contributed by atoms with E-state index in [4.69, 9.17) is 23.7 Å². The molecule has 0 spiro atoms. The Balaban J connectivity index is 1.39. The number of ether oxygens (including phenoxy) is 5. The monoisotopic (exact) mass is 606 g/mol. The number of phenols is 2. The van der Waals surface area contributed by atoms with E-state index in [9.17, 15) is 45.6 Å². The predicted octanol–water partition coefficient (Wildman–Crippen LogP) is -1.32. The smallest absolute Gasteiger partial charge is 0.336 e. The summed E-state index contributed by atoms with van der Waals surface area (Å²) in [5.41, 5.74) is 1.21. The predicted molar refractivity (Wildman–Crippen MR) is 143 cm³/mol. The molecule has 2 fully saturated rings. The van der Waals surface area contributed by atoms with Crippen LogP contribution in [0.3, 0.4) is 0 Å². The molecule has 0 amide bonds. The Bertz CT molecular complexity index is 1310. The largest absolute Gasteiger partial charge is 0.508 e. The number of phenolic OH excluding ortho intramolecular Hbond substituents is 2. The maximum Gasteiger partial charge on any atom is 0.336 e. The maximum absolute atomic E-state index is 12.8. The van der Waals surface area contributed by atoms with Crippen LogP contribution >= 0.6 is 0 Å². The number of fused-ring (bicyclic) bond motifs is 1. The van der Waals surface area contributed by atoms with Crippen molar-refractivity contribution < 1.29 is 69.3 Å². The molecule has 0 bridgehead atoms. The summed E-state index contributed by atoms with van der Waals surface area (Å²) in [7, 11) is 0. The lowest BCUT2D eigenvalue weighted by Gasteiger charge is -2.43. The van der Waals surface area contributed by atoms with Gasteiger partial charge in [-0.3, -0.25) is 0 Å². The van der Waals surface area contributed by atoms with E-state index in [0.717, 1.165) is 6.08 Å². The topological polar surface area (TPSA) is 225 Å². The van der Waals surface area contributed by atoms with E-state index in [1.807, 2.05) is 0 Å². The van der Waals surface area contributed by atoms with E-state index in [2.05, 4.69) is 0 Å². The molecule has 5 rings (SSSR count). The van der Waals surface area contributed by atoms with E-state index in [1.165, 1.54) is 37.3 Å². The van der Waals surface area contributed by atoms with Crippen LogP contribution in [0.1, 0.15) is 18.1 Å². The Morgan fingerprint density at radius 1 is 0.791 bits per heavy atom. The first kappa shape index (κ1) is 31.3. The minimum atomic E-state index is -1.76. The van der Waals surface area contributed by atoms with E-state index in [0.29, 0.717) is 11.1 Å². The SMILES string of the molecule is C[C@@H]1O[C@@H](OC[C@H]2O[C@@H](OC3Cc4ccc(O)cc4OC(=O)C=C3c3ccc(O)cc3)[C@H](O)[C@@H](O)[C@@H]2O)[C@H](O)[C@H](O)[C@H]1O. The minimum absolute atomic E-state index is 0.0227. The number of aliphatic hydroxyl groups is 6. The summed E-state index contributed by atoms with van der Waals surface area (Å²) in [5, 5.41) is 82.0. The van der Waals surface area contributed by atoms with Crippen molar-refractivity contribution in [2.75, 3.05) is 6.61 Å². The van der Waals surface area contributed by atoms with Gasteiger partial charge in [-0.2, -0.15) is 0 Å². The normalized spacial score (nSPS) is 36.6. The lowest BCUT2D eigenvalue weighted by Crippen LogP contribution is -2.61. The van der Waals surface area contributed by atoms with Gasteiger partial charge in [0.15, 0.2) is 12.6 Å². The van der Waals surface area contributed by atoms with Crippen LogP contribution in [0.5, 0.6) is 17.2 Å². The Hall–Kier alpha value is -3.15. The molecule has 0 aromatic heterocycles. The van der Waals surface area contributed by atoms with Crippen LogP contribution in [0.15, 0.2) is 48.5 Å². The number of aliphatic hydroxyl groups excluding tert-OH is 6. The van der Waals surface area contributed by atoms with Crippen molar-refractivity contribution in [3.05, 3.63) is 59.7 Å². The first-order valence-corrected chi connectivity index (χ1v) is 13.6. The van der Waals surface area contributed by atoms with Crippen LogP contribution in [0.25, 0.3) is 5.57 Å². The van der Waals surface area contributed by atoms with Gasteiger partial charge in [-0.15, -0.1) is 0 Å². The fourth-order valence-electron chi connectivity index (χ4n) is 5.19.